The maximum absolute atomic E-state index is 11.3. The van der Waals surface area contributed by atoms with Gasteiger partial charge in [0.25, 0.3) is 0 Å². The minimum Gasteiger partial charge on any atom is -0.335 e. The van der Waals surface area contributed by atoms with Crippen molar-refractivity contribution >= 4 is 5.91 Å². The Bertz CT molecular complexity index is 174. The Labute approximate surface area is 60.5 Å². The Hall–Kier alpha value is -0.790. The fraction of sp³-hybridized carbons (Fsp3) is 0.625. The second-order valence-corrected chi connectivity index (χ2v) is 2.99. The lowest BCUT2D eigenvalue weighted by Gasteiger charge is -2.13. The van der Waals surface area contributed by atoms with Gasteiger partial charge in [-0.15, -0.1) is 0 Å². The van der Waals surface area contributed by atoms with Crippen molar-refractivity contribution < 1.29 is 4.79 Å². The number of carbonyl (C=O) groups excluding carboxylic acids is 1. The van der Waals surface area contributed by atoms with Gasteiger partial charge in [0.1, 0.15) is 0 Å². The van der Waals surface area contributed by atoms with Crippen molar-refractivity contribution in [3.05, 3.63) is 12.2 Å². The second kappa shape index (κ2) is 2.11. The Morgan fingerprint density at radius 2 is 1.90 bits per heavy atom. The van der Waals surface area contributed by atoms with Gasteiger partial charge in [0.2, 0.25) is 5.91 Å². The number of hydrogen-bond donors (Lipinski definition) is 0. The summed E-state index contributed by atoms with van der Waals surface area (Å²) in [6, 6.07) is 0. The van der Waals surface area contributed by atoms with Gasteiger partial charge in [-0.05, 0) is 12.8 Å². The monoisotopic (exact) mass is 137 g/mol. The molecule has 0 bridgehead atoms. The maximum Gasteiger partial charge on any atom is 0.226 e. The summed E-state index contributed by atoms with van der Waals surface area (Å²) in [6.45, 7) is 1.69. The van der Waals surface area contributed by atoms with Crippen LogP contribution in [0.2, 0.25) is 0 Å². The lowest BCUT2D eigenvalue weighted by Crippen LogP contribution is -2.29. The third-order valence-corrected chi connectivity index (χ3v) is 2.06. The quantitative estimate of drug-likeness (QED) is 0.489. The van der Waals surface area contributed by atoms with Gasteiger partial charge < -0.3 is 4.90 Å². The van der Waals surface area contributed by atoms with Crippen LogP contribution >= 0.6 is 0 Å². The maximum atomic E-state index is 11.3. The molecule has 0 aromatic rings. The number of carbonyl (C=O) groups is 1. The molecule has 1 aliphatic carbocycles. The first-order valence-corrected chi connectivity index (χ1v) is 3.82. The molecule has 10 heavy (non-hydrogen) atoms. The van der Waals surface area contributed by atoms with Crippen molar-refractivity contribution in [2.24, 2.45) is 5.92 Å². The molecule has 1 fully saturated rings. The van der Waals surface area contributed by atoms with E-state index in [2.05, 4.69) is 12.2 Å². The highest BCUT2D eigenvalue weighted by Crippen LogP contribution is 2.31. The molecule has 0 radical (unpaired) electrons. The first-order chi connectivity index (χ1) is 4.88. The molecule has 2 aliphatic rings. The van der Waals surface area contributed by atoms with Crippen molar-refractivity contribution in [2.45, 2.75) is 12.8 Å². The van der Waals surface area contributed by atoms with Crippen LogP contribution in [0.25, 0.3) is 0 Å². The van der Waals surface area contributed by atoms with E-state index in [4.69, 9.17) is 0 Å². The minimum atomic E-state index is 0.366. The van der Waals surface area contributed by atoms with Crippen LogP contribution < -0.4 is 0 Å². The first kappa shape index (κ1) is 5.96. The molecular formula is C8H11NO. The molecular weight excluding hydrogens is 126 g/mol. The van der Waals surface area contributed by atoms with E-state index >= 15 is 0 Å². The predicted molar refractivity (Wildman–Crippen MR) is 38.4 cm³/mol. The lowest BCUT2D eigenvalue weighted by atomic mass is 10.3. The van der Waals surface area contributed by atoms with E-state index in [1.165, 1.54) is 0 Å². The summed E-state index contributed by atoms with van der Waals surface area (Å²) >= 11 is 0. The molecule has 0 saturated heterocycles. The van der Waals surface area contributed by atoms with E-state index in [1.807, 2.05) is 4.90 Å². The average molecular weight is 137 g/mol. The standard InChI is InChI=1S/C8H11NO/c10-8(7-3-4-7)9-5-1-2-6-9/h1-2,7H,3-6H2. The molecule has 0 atom stereocenters. The number of rotatable bonds is 1. The van der Waals surface area contributed by atoms with Gasteiger partial charge >= 0.3 is 0 Å². The SMILES string of the molecule is O=C(C1CC1)N1CC=CC1. The molecule has 1 heterocycles. The summed E-state index contributed by atoms with van der Waals surface area (Å²) in [7, 11) is 0. The van der Waals surface area contributed by atoms with Crippen LogP contribution in [0.3, 0.4) is 0 Å². The topological polar surface area (TPSA) is 20.3 Å². The van der Waals surface area contributed by atoms with Crippen molar-refractivity contribution in [3.8, 4) is 0 Å². The van der Waals surface area contributed by atoms with Crippen LogP contribution in [-0.2, 0) is 4.79 Å². The molecule has 1 aliphatic heterocycles. The highest BCUT2D eigenvalue weighted by atomic mass is 16.2. The van der Waals surface area contributed by atoms with E-state index in [0.29, 0.717) is 11.8 Å². The molecule has 0 aromatic heterocycles. The molecule has 0 spiro atoms. The normalized spacial score (nSPS) is 23.8. The van der Waals surface area contributed by atoms with Gasteiger partial charge in [-0.3, -0.25) is 4.79 Å². The van der Waals surface area contributed by atoms with Crippen molar-refractivity contribution in [2.75, 3.05) is 13.1 Å². The largest absolute Gasteiger partial charge is 0.335 e. The summed E-state index contributed by atoms with van der Waals surface area (Å²) in [5.74, 6) is 0.755. The van der Waals surface area contributed by atoms with E-state index in [1.54, 1.807) is 0 Å². The Morgan fingerprint density at radius 3 is 2.40 bits per heavy atom. The third kappa shape index (κ3) is 0.939. The van der Waals surface area contributed by atoms with E-state index in [9.17, 15) is 4.79 Å². The summed E-state index contributed by atoms with van der Waals surface area (Å²) < 4.78 is 0. The van der Waals surface area contributed by atoms with Gasteiger partial charge in [0.15, 0.2) is 0 Å². The number of nitrogens with zero attached hydrogens (tertiary/aromatic N) is 1. The zero-order valence-corrected chi connectivity index (χ0v) is 5.92. The predicted octanol–water partition coefficient (Wildman–Crippen LogP) is 0.795. The fourth-order valence-electron chi connectivity index (χ4n) is 1.25. The van der Waals surface area contributed by atoms with E-state index < -0.39 is 0 Å². The smallest absolute Gasteiger partial charge is 0.226 e. The molecule has 1 amide bonds. The van der Waals surface area contributed by atoms with E-state index in [-0.39, 0.29) is 0 Å². The van der Waals surface area contributed by atoms with Crippen LogP contribution in [0, 0.1) is 5.92 Å². The van der Waals surface area contributed by atoms with Crippen molar-refractivity contribution in [1.82, 2.24) is 4.90 Å². The van der Waals surface area contributed by atoms with Crippen LogP contribution in [-0.4, -0.2) is 23.9 Å². The molecule has 0 aromatic carbocycles. The van der Waals surface area contributed by atoms with Gasteiger partial charge in [-0.1, -0.05) is 12.2 Å². The Kier molecular flexibility index (Phi) is 1.26. The zero-order chi connectivity index (χ0) is 6.97. The van der Waals surface area contributed by atoms with E-state index in [0.717, 1.165) is 25.9 Å². The van der Waals surface area contributed by atoms with Crippen LogP contribution in [0.15, 0.2) is 12.2 Å². The molecule has 1 saturated carbocycles. The molecule has 2 heteroatoms. The lowest BCUT2D eigenvalue weighted by molar-refractivity contribution is -0.131. The fourth-order valence-corrected chi connectivity index (χ4v) is 1.25. The minimum absolute atomic E-state index is 0.366. The molecule has 0 unspecified atom stereocenters. The van der Waals surface area contributed by atoms with Crippen molar-refractivity contribution in [1.29, 1.82) is 0 Å². The summed E-state index contributed by atoms with van der Waals surface area (Å²) in [4.78, 5) is 13.2. The molecule has 2 rings (SSSR count). The van der Waals surface area contributed by atoms with Gasteiger partial charge in [0, 0.05) is 19.0 Å². The highest BCUT2D eigenvalue weighted by Gasteiger charge is 2.33. The number of amides is 1. The number of hydrogen-bond acceptors (Lipinski definition) is 1. The summed E-state index contributed by atoms with van der Waals surface area (Å²) in [5.41, 5.74) is 0. The Morgan fingerprint density at radius 1 is 1.30 bits per heavy atom. The third-order valence-electron chi connectivity index (χ3n) is 2.06. The Balaban J connectivity index is 1.92. The van der Waals surface area contributed by atoms with Gasteiger partial charge in [0.05, 0.1) is 0 Å². The van der Waals surface area contributed by atoms with Crippen molar-refractivity contribution in [3.63, 3.8) is 0 Å². The summed E-state index contributed by atoms with van der Waals surface area (Å²) in [6.07, 6.45) is 6.35. The molecule has 0 N–H and O–H groups in total. The van der Waals surface area contributed by atoms with Gasteiger partial charge in [-0.25, -0.2) is 0 Å². The van der Waals surface area contributed by atoms with Crippen LogP contribution in [0.1, 0.15) is 12.8 Å². The first-order valence-electron chi connectivity index (χ1n) is 3.82. The molecule has 2 nitrogen and oxygen atoms in total. The second-order valence-electron chi connectivity index (χ2n) is 2.99. The van der Waals surface area contributed by atoms with Crippen LogP contribution in [0.5, 0.6) is 0 Å². The average Bonchev–Trinajstić information content (AvgIpc) is 2.65. The van der Waals surface area contributed by atoms with Gasteiger partial charge in [-0.2, -0.15) is 0 Å². The zero-order valence-electron chi connectivity index (χ0n) is 5.92. The highest BCUT2D eigenvalue weighted by molar-refractivity contribution is 5.81. The van der Waals surface area contributed by atoms with Crippen LogP contribution in [0.4, 0.5) is 0 Å². The summed E-state index contributed by atoms with van der Waals surface area (Å²) in [5, 5.41) is 0. The molecule has 54 valence electrons.